The first-order valence-electron chi connectivity index (χ1n) is 7.28. The van der Waals surface area contributed by atoms with Crippen LogP contribution in [0.5, 0.6) is 5.75 Å². The Kier molecular flexibility index (Phi) is 3.88. The smallest absolute Gasteiger partial charge is 0.138 e. The third-order valence-electron chi connectivity index (χ3n) is 4.11. The van der Waals surface area contributed by atoms with Crippen molar-refractivity contribution in [3.05, 3.63) is 35.2 Å². The van der Waals surface area contributed by atoms with Gasteiger partial charge in [-0.1, -0.05) is 0 Å². The molecule has 2 aromatic rings. The molecular weight excluding hydrogens is 266 g/mol. The van der Waals surface area contributed by atoms with E-state index in [1.165, 1.54) is 0 Å². The standard InChI is InChI=1S/C15H21N5O/c1-10-6-17-13(11(2)15(10)21-3)7-16-12-4-5-14-18-9-19-20(14)8-12/h6,9,12,16H,4-5,7-8H2,1-3H3/t12-/m1/s1. The molecule has 0 unspecified atom stereocenters. The summed E-state index contributed by atoms with van der Waals surface area (Å²) in [4.78, 5) is 8.78. The number of nitrogens with one attached hydrogen (secondary N) is 1. The summed E-state index contributed by atoms with van der Waals surface area (Å²) in [6.07, 6.45) is 5.57. The highest BCUT2D eigenvalue weighted by Gasteiger charge is 2.20. The number of nitrogens with zero attached hydrogens (tertiary/aromatic N) is 4. The lowest BCUT2D eigenvalue weighted by Crippen LogP contribution is -2.37. The van der Waals surface area contributed by atoms with Crippen molar-refractivity contribution in [3.63, 3.8) is 0 Å². The number of pyridine rings is 1. The minimum absolute atomic E-state index is 0.410. The molecule has 21 heavy (non-hydrogen) atoms. The number of fused-ring (bicyclic) bond motifs is 1. The third-order valence-corrected chi connectivity index (χ3v) is 4.11. The summed E-state index contributed by atoms with van der Waals surface area (Å²) in [6.45, 7) is 5.70. The highest BCUT2D eigenvalue weighted by atomic mass is 16.5. The van der Waals surface area contributed by atoms with Gasteiger partial charge in [0.15, 0.2) is 0 Å². The van der Waals surface area contributed by atoms with Gasteiger partial charge in [-0.25, -0.2) is 9.67 Å². The third kappa shape index (κ3) is 2.76. The van der Waals surface area contributed by atoms with Crippen LogP contribution >= 0.6 is 0 Å². The van der Waals surface area contributed by atoms with E-state index >= 15 is 0 Å². The van der Waals surface area contributed by atoms with E-state index in [2.05, 4.69) is 27.3 Å². The van der Waals surface area contributed by atoms with Gasteiger partial charge in [0.05, 0.1) is 19.3 Å². The van der Waals surface area contributed by atoms with Crippen molar-refractivity contribution in [2.75, 3.05) is 7.11 Å². The zero-order valence-corrected chi connectivity index (χ0v) is 12.8. The number of rotatable bonds is 4. The Morgan fingerprint density at radius 2 is 2.24 bits per heavy atom. The fourth-order valence-electron chi connectivity index (χ4n) is 2.89. The van der Waals surface area contributed by atoms with E-state index in [0.717, 1.165) is 54.3 Å². The summed E-state index contributed by atoms with van der Waals surface area (Å²) in [5.74, 6) is 2.02. The van der Waals surface area contributed by atoms with Crippen LogP contribution in [-0.2, 0) is 19.5 Å². The zero-order chi connectivity index (χ0) is 14.8. The number of hydrogen-bond donors (Lipinski definition) is 1. The summed E-state index contributed by atoms with van der Waals surface area (Å²) in [5.41, 5.74) is 3.23. The van der Waals surface area contributed by atoms with Crippen molar-refractivity contribution in [3.8, 4) is 5.75 Å². The Bertz CT molecular complexity index is 637. The Morgan fingerprint density at radius 3 is 3.05 bits per heavy atom. The van der Waals surface area contributed by atoms with Gasteiger partial charge in [-0.2, -0.15) is 5.10 Å². The Hall–Kier alpha value is -1.95. The molecule has 1 aliphatic heterocycles. The van der Waals surface area contributed by atoms with E-state index in [9.17, 15) is 0 Å². The molecular formula is C15H21N5O. The molecule has 1 aliphatic rings. The predicted octanol–water partition coefficient (Wildman–Crippen LogP) is 1.40. The van der Waals surface area contributed by atoms with Crippen LogP contribution in [0.2, 0.25) is 0 Å². The number of methoxy groups -OCH3 is 1. The molecule has 0 saturated heterocycles. The van der Waals surface area contributed by atoms with Crippen molar-refractivity contribution < 1.29 is 4.74 Å². The molecule has 3 rings (SSSR count). The summed E-state index contributed by atoms with van der Waals surface area (Å²) in [6, 6.07) is 0.410. The fourth-order valence-corrected chi connectivity index (χ4v) is 2.89. The number of aromatic nitrogens is 4. The average molecular weight is 287 g/mol. The quantitative estimate of drug-likeness (QED) is 0.921. The van der Waals surface area contributed by atoms with Gasteiger partial charge in [-0.05, 0) is 20.3 Å². The van der Waals surface area contributed by atoms with Crippen molar-refractivity contribution in [2.24, 2.45) is 0 Å². The number of ether oxygens (including phenoxy) is 1. The second kappa shape index (κ2) is 5.81. The van der Waals surface area contributed by atoms with Gasteiger partial charge in [0.25, 0.3) is 0 Å². The molecule has 0 amide bonds. The molecule has 2 aromatic heterocycles. The predicted molar refractivity (Wildman–Crippen MR) is 79.2 cm³/mol. The van der Waals surface area contributed by atoms with Gasteiger partial charge in [-0.15, -0.1) is 0 Å². The maximum atomic E-state index is 5.45. The molecule has 0 bridgehead atoms. The van der Waals surface area contributed by atoms with Crippen LogP contribution in [-0.4, -0.2) is 32.9 Å². The zero-order valence-electron chi connectivity index (χ0n) is 12.8. The van der Waals surface area contributed by atoms with Crippen molar-refractivity contribution in [2.45, 2.75) is 45.8 Å². The average Bonchev–Trinajstić information content (AvgIpc) is 2.94. The largest absolute Gasteiger partial charge is 0.496 e. The number of aryl methyl sites for hydroxylation is 2. The monoisotopic (exact) mass is 287 g/mol. The van der Waals surface area contributed by atoms with Gasteiger partial charge in [-0.3, -0.25) is 4.98 Å². The molecule has 6 heteroatoms. The second-order valence-electron chi connectivity index (χ2n) is 5.52. The van der Waals surface area contributed by atoms with Crippen molar-refractivity contribution >= 4 is 0 Å². The van der Waals surface area contributed by atoms with Crippen LogP contribution in [0, 0.1) is 13.8 Å². The summed E-state index contributed by atoms with van der Waals surface area (Å²) >= 11 is 0. The van der Waals surface area contributed by atoms with Gasteiger partial charge in [0.2, 0.25) is 0 Å². The van der Waals surface area contributed by atoms with E-state index in [4.69, 9.17) is 4.74 Å². The fraction of sp³-hybridized carbons (Fsp3) is 0.533. The first kappa shape index (κ1) is 14.0. The molecule has 0 radical (unpaired) electrons. The lowest BCUT2D eigenvalue weighted by Gasteiger charge is -2.24. The molecule has 6 nitrogen and oxygen atoms in total. The van der Waals surface area contributed by atoms with E-state index in [1.54, 1.807) is 13.4 Å². The van der Waals surface area contributed by atoms with Crippen LogP contribution in [0.1, 0.15) is 29.1 Å². The highest BCUT2D eigenvalue weighted by Crippen LogP contribution is 2.24. The first-order valence-corrected chi connectivity index (χ1v) is 7.28. The molecule has 0 saturated carbocycles. The topological polar surface area (TPSA) is 64.9 Å². The highest BCUT2D eigenvalue weighted by molar-refractivity contribution is 5.41. The van der Waals surface area contributed by atoms with Gasteiger partial charge in [0.1, 0.15) is 17.9 Å². The molecule has 0 fully saturated rings. The minimum Gasteiger partial charge on any atom is -0.496 e. The SMILES string of the molecule is COc1c(C)cnc(CN[C@@H]2CCc3ncnn3C2)c1C. The summed E-state index contributed by atoms with van der Waals surface area (Å²) < 4.78 is 7.44. The van der Waals surface area contributed by atoms with Crippen LogP contribution in [0.4, 0.5) is 0 Å². The maximum absolute atomic E-state index is 5.45. The minimum atomic E-state index is 0.410. The van der Waals surface area contributed by atoms with E-state index in [-0.39, 0.29) is 0 Å². The first-order chi connectivity index (χ1) is 10.2. The molecule has 0 aliphatic carbocycles. The molecule has 1 atom stereocenters. The van der Waals surface area contributed by atoms with Gasteiger partial charge >= 0.3 is 0 Å². The van der Waals surface area contributed by atoms with Crippen molar-refractivity contribution in [1.29, 1.82) is 0 Å². The van der Waals surface area contributed by atoms with Crippen molar-refractivity contribution in [1.82, 2.24) is 25.1 Å². The number of hydrogen-bond acceptors (Lipinski definition) is 5. The molecule has 1 N–H and O–H groups in total. The summed E-state index contributed by atoms with van der Waals surface area (Å²) in [5, 5.41) is 7.82. The Labute approximate surface area is 124 Å². The summed E-state index contributed by atoms with van der Waals surface area (Å²) in [7, 11) is 1.71. The van der Waals surface area contributed by atoms with Gasteiger partial charge in [0, 0.05) is 36.3 Å². The molecule has 0 spiro atoms. The van der Waals surface area contributed by atoms with Crippen LogP contribution < -0.4 is 10.1 Å². The molecule has 0 aromatic carbocycles. The Morgan fingerprint density at radius 1 is 1.38 bits per heavy atom. The lowest BCUT2D eigenvalue weighted by atomic mass is 10.1. The van der Waals surface area contributed by atoms with Crippen LogP contribution in [0.15, 0.2) is 12.5 Å². The van der Waals surface area contributed by atoms with Crippen LogP contribution in [0.25, 0.3) is 0 Å². The van der Waals surface area contributed by atoms with E-state index in [0.29, 0.717) is 6.04 Å². The van der Waals surface area contributed by atoms with E-state index < -0.39 is 0 Å². The normalized spacial score (nSPS) is 17.6. The Balaban J connectivity index is 1.66. The lowest BCUT2D eigenvalue weighted by molar-refractivity contribution is 0.355. The maximum Gasteiger partial charge on any atom is 0.138 e. The van der Waals surface area contributed by atoms with E-state index in [1.807, 2.05) is 17.8 Å². The molecule has 3 heterocycles. The van der Waals surface area contributed by atoms with Gasteiger partial charge < -0.3 is 10.1 Å². The molecule has 112 valence electrons. The second-order valence-corrected chi connectivity index (χ2v) is 5.52. The van der Waals surface area contributed by atoms with Crippen LogP contribution in [0.3, 0.4) is 0 Å².